The average molecular weight is 535 g/mol. The number of carbonyl (C=O) groups excluding carboxylic acids is 2. The third-order valence-electron chi connectivity index (χ3n) is 6.24. The molecule has 6 rings (SSSR count). The van der Waals surface area contributed by atoms with E-state index in [9.17, 15) is 14.7 Å². The molecule has 0 radical (unpaired) electrons. The number of rotatable bonds is 4. The van der Waals surface area contributed by atoms with Crippen LogP contribution in [-0.2, 0) is 9.59 Å². The van der Waals surface area contributed by atoms with Crippen molar-refractivity contribution in [3.8, 4) is 17.2 Å². The summed E-state index contributed by atoms with van der Waals surface area (Å²) in [6.07, 6.45) is 0. The summed E-state index contributed by atoms with van der Waals surface area (Å²) in [7, 11) is 1.57. The molecular weight excluding hydrogens is 516 g/mol. The number of aliphatic hydroxyl groups excluding tert-OH is 1. The van der Waals surface area contributed by atoms with Crippen molar-refractivity contribution < 1.29 is 28.9 Å². The van der Waals surface area contributed by atoms with Crippen molar-refractivity contribution in [2.75, 3.05) is 25.2 Å². The van der Waals surface area contributed by atoms with Crippen molar-refractivity contribution >= 4 is 55.7 Å². The number of aromatic nitrogens is 1. The molecule has 4 aromatic rings. The van der Waals surface area contributed by atoms with Gasteiger partial charge in [0.25, 0.3) is 5.78 Å². The molecule has 3 aromatic carbocycles. The summed E-state index contributed by atoms with van der Waals surface area (Å²) in [5.41, 5.74) is 1.53. The summed E-state index contributed by atoms with van der Waals surface area (Å²) in [6, 6.07) is 16.1. The lowest BCUT2D eigenvalue weighted by Gasteiger charge is -2.23. The van der Waals surface area contributed by atoms with Gasteiger partial charge in [-0.1, -0.05) is 35.1 Å². The van der Waals surface area contributed by atoms with Crippen LogP contribution in [0.1, 0.15) is 17.2 Å². The number of Topliss-reactive ketones (excluding diaryl/α,β-unsaturated/α-hetero) is 1. The molecule has 8 nitrogen and oxygen atoms in total. The fourth-order valence-electron chi connectivity index (χ4n) is 4.46. The average Bonchev–Trinajstić information content (AvgIpc) is 3.46. The summed E-state index contributed by atoms with van der Waals surface area (Å²) in [6.45, 7) is 0.794. The zero-order valence-electron chi connectivity index (χ0n) is 19.4. The second-order valence-corrected chi connectivity index (χ2v) is 9.85. The van der Waals surface area contributed by atoms with Crippen molar-refractivity contribution in [2.45, 2.75) is 6.04 Å². The Morgan fingerprint density at radius 3 is 2.57 bits per heavy atom. The van der Waals surface area contributed by atoms with Crippen molar-refractivity contribution in [1.29, 1.82) is 0 Å². The first-order valence-corrected chi connectivity index (χ1v) is 12.5. The number of ketones is 1. The maximum absolute atomic E-state index is 13.4. The number of ether oxygens (including phenoxy) is 3. The van der Waals surface area contributed by atoms with Crippen molar-refractivity contribution in [3.63, 3.8) is 0 Å². The Kier molecular flexibility index (Phi) is 5.73. The molecular formula is C27H19ClN2O6S. The zero-order chi connectivity index (χ0) is 25.7. The van der Waals surface area contributed by atoms with Gasteiger partial charge in [0.05, 0.1) is 28.9 Å². The second kappa shape index (κ2) is 9.10. The van der Waals surface area contributed by atoms with Crippen molar-refractivity contribution in [1.82, 2.24) is 4.98 Å². The molecule has 0 spiro atoms. The van der Waals surface area contributed by atoms with Crippen LogP contribution in [0.5, 0.6) is 17.2 Å². The minimum absolute atomic E-state index is 0.0548. The molecule has 1 aromatic heterocycles. The first-order valence-electron chi connectivity index (χ1n) is 11.4. The molecule has 0 saturated carbocycles. The van der Waals surface area contributed by atoms with Crippen LogP contribution in [0, 0.1) is 0 Å². The number of halogens is 1. The van der Waals surface area contributed by atoms with Crippen LogP contribution in [0.3, 0.4) is 0 Å². The van der Waals surface area contributed by atoms with Crippen LogP contribution in [0.25, 0.3) is 16.0 Å². The lowest BCUT2D eigenvalue weighted by atomic mass is 9.95. The van der Waals surface area contributed by atoms with E-state index in [1.165, 1.54) is 16.2 Å². The fourth-order valence-corrected chi connectivity index (χ4v) is 5.61. The Labute approximate surface area is 220 Å². The van der Waals surface area contributed by atoms with Crippen molar-refractivity contribution in [3.05, 3.63) is 82.4 Å². The quantitative estimate of drug-likeness (QED) is 0.214. The van der Waals surface area contributed by atoms with Crippen LogP contribution in [-0.4, -0.2) is 42.1 Å². The molecule has 2 aliphatic heterocycles. The lowest BCUT2D eigenvalue weighted by Crippen LogP contribution is -2.29. The standard InChI is InChI=1S/C27H19ClN2O6S/c1-34-17-7-8-18-21(13-17)37-27(29-18)30-23(14-2-5-16(28)6-3-14)22(25(32)26(30)33)24(31)15-4-9-19-20(12-15)36-11-10-35-19/h2-9,12-13,23,31H,10-11H2,1H3/t23-/m1/s1. The van der Waals surface area contributed by atoms with Crippen LogP contribution in [0.15, 0.2) is 66.2 Å². The molecule has 1 fully saturated rings. The Morgan fingerprint density at radius 1 is 1.05 bits per heavy atom. The van der Waals surface area contributed by atoms with Gasteiger partial charge in [-0.25, -0.2) is 4.98 Å². The normalized spacial score (nSPS) is 18.4. The highest BCUT2D eigenvalue weighted by Gasteiger charge is 2.48. The molecule has 0 aliphatic carbocycles. The number of nitrogens with zero attached hydrogens (tertiary/aromatic N) is 2. The lowest BCUT2D eigenvalue weighted by molar-refractivity contribution is -0.132. The fraction of sp³-hybridized carbons (Fsp3) is 0.148. The topological polar surface area (TPSA) is 98.2 Å². The highest BCUT2D eigenvalue weighted by atomic mass is 35.5. The Hall–Kier alpha value is -4.08. The number of methoxy groups -OCH3 is 1. The number of benzene rings is 3. The van der Waals surface area contributed by atoms with Gasteiger partial charge in [0.1, 0.15) is 24.7 Å². The summed E-state index contributed by atoms with van der Waals surface area (Å²) in [5, 5.41) is 12.2. The van der Waals surface area contributed by atoms with E-state index in [-0.39, 0.29) is 11.3 Å². The molecule has 0 unspecified atom stereocenters. The zero-order valence-corrected chi connectivity index (χ0v) is 21.0. The number of fused-ring (bicyclic) bond motifs is 2. The van der Waals surface area contributed by atoms with Gasteiger partial charge in [0, 0.05) is 10.6 Å². The summed E-state index contributed by atoms with van der Waals surface area (Å²) in [5.74, 6) is -0.275. The molecule has 1 N–H and O–H groups in total. The molecule has 37 heavy (non-hydrogen) atoms. The molecule has 10 heteroatoms. The minimum atomic E-state index is -0.923. The smallest absolute Gasteiger partial charge is 0.301 e. The highest BCUT2D eigenvalue weighted by Crippen LogP contribution is 2.45. The Morgan fingerprint density at radius 2 is 1.81 bits per heavy atom. The number of carbonyl (C=O) groups is 2. The molecule has 1 saturated heterocycles. The third kappa shape index (κ3) is 3.96. The first-order chi connectivity index (χ1) is 17.9. The van der Waals surface area contributed by atoms with Crippen LogP contribution in [0.2, 0.25) is 5.02 Å². The second-order valence-electron chi connectivity index (χ2n) is 8.41. The van der Waals surface area contributed by atoms with Gasteiger partial charge in [0.15, 0.2) is 16.6 Å². The van der Waals surface area contributed by atoms with Gasteiger partial charge in [-0.2, -0.15) is 0 Å². The molecule has 0 bridgehead atoms. The number of amides is 1. The monoisotopic (exact) mass is 534 g/mol. The summed E-state index contributed by atoms with van der Waals surface area (Å²) in [4.78, 5) is 32.8. The number of thiazole rings is 1. The molecule has 1 amide bonds. The van der Waals surface area contributed by atoms with Crippen LogP contribution in [0.4, 0.5) is 5.13 Å². The maximum atomic E-state index is 13.4. The molecule has 3 heterocycles. The first kappa shape index (κ1) is 23.3. The van der Waals surface area contributed by atoms with E-state index >= 15 is 0 Å². The number of hydrogen-bond acceptors (Lipinski definition) is 8. The predicted octanol–water partition coefficient (Wildman–Crippen LogP) is 5.36. The highest BCUT2D eigenvalue weighted by molar-refractivity contribution is 7.22. The minimum Gasteiger partial charge on any atom is -0.507 e. The summed E-state index contributed by atoms with van der Waals surface area (Å²) >= 11 is 7.37. The predicted molar refractivity (Wildman–Crippen MR) is 140 cm³/mol. The van der Waals surface area contributed by atoms with Gasteiger partial charge >= 0.3 is 5.91 Å². The van der Waals surface area contributed by atoms with E-state index < -0.39 is 17.7 Å². The van der Waals surface area contributed by atoms with E-state index in [2.05, 4.69) is 4.98 Å². The molecule has 186 valence electrons. The summed E-state index contributed by atoms with van der Waals surface area (Å²) < 4.78 is 17.3. The number of hydrogen-bond donors (Lipinski definition) is 1. The van der Waals surface area contributed by atoms with E-state index in [4.69, 9.17) is 25.8 Å². The van der Waals surface area contributed by atoms with Gasteiger partial charge in [-0.05, 0) is 54.1 Å². The van der Waals surface area contributed by atoms with E-state index in [1.807, 2.05) is 6.07 Å². The third-order valence-corrected chi connectivity index (χ3v) is 7.51. The van der Waals surface area contributed by atoms with E-state index in [1.54, 1.807) is 61.7 Å². The van der Waals surface area contributed by atoms with Crippen molar-refractivity contribution in [2.24, 2.45) is 0 Å². The van der Waals surface area contributed by atoms with Crippen LogP contribution >= 0.6 is 22.9 Å². The Balaban J connectivity index is 1.52. The van der Waals surface area contributed by atoms with Gasteiger partial charge in [-0.3, -0.25) is 14.5 Å². The van der Waals surface area contributed by atoms with Gasteiger partial charge < -0.3 is 19.3 Å². The molecule has 1 atom stereocenters. The van der Waals surface area contributed by atoms with E-state index in [0.717, 1.165) is 4.70 Å². The number of aliphatic hydroxyl groups is 1. The van der Waals surface area contributed by atoms with Gasteiger partial charge in [0.2, 0.25) is 0 Å². The van der Waals surface area contributed by atoms with E-state index in [0.29, 0.717) is 57.3 Å². The Bertz CT molecular complexity index is 1600. The maximum Gasteiger partial charge on any atom is 0.301 e. The number of anilines is 1. The van der Waals surface area contributed by atoms with Crippen LogP contribution < -0.4 is 19.1 Å². The molecule has 2 aliphatic rings. The van der Waals surface area contributed by atoms with Gasteiger partial charge in [-0.15, -0.1) is 0 Å². The SMILES string of the molecule is COc1ccc2nc(N3C(=O)C(=O)C(=C(O)c4ccc5c(c4)OCCO5)[C@H]3c3ccc(Cl)cc3)sc2c1. The largest absolute Gasteiger partial charge is 0.507 e.